The molecule has 2 atom stereocenters. The van der Waals surface area contributed by atoms with Gasteiger partial charge in [0.2, 0.25) is 0 Å². The molecule has 3 nitrogen and oxygen atoms in total. The van der Waals surface area contributed by atoms with Gasteiger partial charge < -0.3 is 0 Å². The van der Waals surface area contributed by atoms with Crippen molar-refractivity contribution in [2.45, 2.75) is 31.3 Å². The van der Waals surface area contributed by atoms with Crippen LogP contribution in [0.4, 0.5) is 18.9 Å². The Morgan fingerprint density at radius 2 is 1.89 bits per heavy atom. The van der Waals surface area contributed by atoms with Gasteiger partial charge in [-0.05, 0) is 24.5 Å². The van der Waals surface area contributed by atoms with E-state index in [4.69, 9.17) is 11.6 Å². The van der Waals surface area contributed by atoms with E-state index in [1.54, 1.807) is 13.8 Å². The van der Waals surface area contributed by atoms with Crippen molar-refractivity contribution in [3.63, 3.8) is 0 Å². The molecule has 0 aliphatic heterocycles. The van der Waals surface area contributed by atoms with Crippen LogP contribution in [0, 0.1) is 10.1 Å². The van der Waals surface area contributed by atoms with Gasteiger partial charge in [-0.1, -0.05) is 13.0 Å². The highest BCUT2D eigenvalue weighted by Crippen LogP contribution is 2.38. The number of nitro groups is 1. The molecule has 1 aromatic carbocycles. The topological polar surface area (TPSA) is 43.1 Å². The number of hydrogen-bond donors (Lipinski definition) is 0. The maximum Gasteiger partial charge on any atom is 0.423 e. The quantitative estimate of drug-likeness (QED) is 0.470. The van der Waals surface area contributed by atoms with Gasteiger partial charge in [0.15, 0.2) is 0 Å². The summed E-state index contributed by atoms with van der Waals surface area (Å²) in [6.45, 7) is 3.32. The molecule has 100 valence electrons. The number of benzene rings is 1. The third-order valence-corrected chi connectivity index (χ3v) is 3.12. The zero-order valence-electron chi connectivity index (χ0n) is 9.66. The van der Waals surface area contributed by atoms with E-state index < -0.39 is 22.4 Å². The van der Waals surface area contributed by atoms with Crippen molar-refractivity contribution in [1.82, 2.24) is 0 Å². The van der Waals surface area contributed by atoms with Crippen LogP contribution in [0.25, 0.3) is 0 Å². The Labute approximate surface area is 107 Å². The van der Waals surface area contributed by atoms with Crippen molar-refractivity contribution < 1.29 is 18.1 Å². The van der Waals surface area contributed by atoms with Crippen LogP contribution in [-0.4, -0.2) is 10.3 Å². The molecule has 0 saturated carbocycles. The van der Waals surface area contributed by atoms with Crippen LogP contribution in [-0.2, 0) is 6.18 Å². The Morgan fingerprint density at radius 3 is 2.28 bits per heavy atom. The summed E-state index contributed by atoms with van der Waals surface area (Å²) in [5, 5.41) is 10.2. The first-order valence-electron chi connectivity index (χ1n) is 5.14. The first kappa shape index (κ1) is 14.8. The van der Waals surface area contributed by atoms with Gasteiger partial charge in [0.1, 0.15) is 5.56 Å². The Kier molecular flexibility index (Phi) is 4.21. The van der Waals surface area contributed by atoms with Crippen molar-refractivity contribution in [2.75, 3.05) is 0 Å². The molecule has 7 heteroatoms. The smallest absolute Gasteiger partial charge is 0.258 e. The average molecular weight is 282 g/mol. The molecule has 0 heterocycles. The molecule has 0 aromatic heterocycles. The molecule has 1 rings (SSSR count). The summed E-state index contributed by atoms with van der Waals surface area (Å²) >= 11 is 5.82. The summed E-state index contributed by atoms with van der Waals surface area (Å²) in [5.41, 5.74) is -1.86. The molecule has 0 amide bonds. The minimum atomic E-state index is -4.76. The SMILES string of the molecule is CC(Cl)C(C)c1ccc([N+](=O)[O-])c(C(F)(F)F)c1. The number of halogens is 4. The van der Waals surface area contributed by atoms with Gasteiger partial charge >= 0.3 is 6.18 Å². The van der Waals surface area contributed by atoms with E-state index in [1.165, 1.54) is 6.07 Å². The third kappa shape index (κ3) is 3.13. The van der Waals surface area contributed by atoms with Gasteiger partial charge in [-0.2, -0.15) is 13.2 Å². The van der Waals surface area contributed by atoms with Crippen molar-refractivity contribution in [1.29, 1.82) is 0 Å². The van der Waals surface area contributed by atoms with Crippen molar-refractivity contribution in [2.24, 2.45) is 0 Å². The van der Waals surface area contributed by atoms with Crippen LogP contribution in [0.1, 0.15) is 30.9 Å². The number of hydrogen-bond acceptors (Lipinski definition) is 2. The highest BCUT2D eigenvalue weighted by molar-refractivity contribution is 6.20. The Hall–Kier alpha value is -1.30. The molecule has 0 aliphatic carbocycles. The molecule has 0 fully saturated rings. The summed E-state index contributed by atoms with van der Waals surface area (Å²) in [7, 11) is 0. The second kappa shape index (κ2) is 5.14. The number of alkyl halides is 4. The molecule has 0 saturated heterocycles. The highest BCUT2D eigenvalue weighted by atomic mass is 35.5. The summed E-state index contributed by atoms with van der Waals surface area (Å²) in [6.07, 6.45) is -4.76. The van der Waals surface area contributed by atoms with Crippen molar-refractivity contribution in [3.05, 3.63) is 39.4 Å². The molecule has 18 heavy (non-hydrogen) atoms. The average Bonchev–Trinajstić information content (AvgIpc) is 2.25. The zero-order valence-corrected chi connectivity index (χ0v) is 10.4. The lowest BCUT2D eigenvalue weighted by Gasteiger charge is -2.16. The molecular weight excluding hydrogens is 271 g/mol. The van der Waals surface area contributed by atoms with Gasteiger partial charge in [0.25, 0.3) is 5.69 Å². The van der Waals surface area contributed by atoms with Crippen molar-refractivity contribution in [3.8, 4) is 0 Å². The molecule has 0 bridgehead atoms. The summed E-state index contributed by atoms with van der Waals surface area (Å²) in [4.78, 5) is 9.52. The number of nitrogens with zero attached hydrogens (tertiary/aromatic N) is 1. The van der Waals surface area contributed by atoms with Crippen LogP contribution in [0.3, 0.4) is 0 Å². The van der Waals surface area contributed by atoms with E-state index in [0.717, 1.165) is 12.1 Å². The van der Waals surface area contributed by atoms with E-state index in [9.17, 15) is 23.3 Å². The van der Waals surface area contributed by atoms with Gasteiger partial charge in [-0.15, -0.1) is 11.6 Å². The second-order valence-corrected chi connectivity index (χ2v) is 4.69. The van der Waals surface area contributed by atoms with Crippen molar-refractivity contribution >= 4 is 17.3 Å². The number of rotatable bonds is 3. The number of nitro benzene ring substituents is 1. The fourth-order valence-electron chi connectivity index (χ4n) is 1.49. The van der Waals surface area contributed by atoms with E-state index in [1.807, 2.05) is 0 Å². The van der Waals surface area contributed by atoms with Crippen LogP contribution >= 0.6 is 11.6 Å². The fourth-order valence-corrected chi connectivity index (χ4v) is 1.63. The predicted octanol–water partition coefficient (Wildman–Crippen LogP) is 4.34. The van der Waals surface area contributed by atoms with Gasteiger partial charge in [0.05, 0.1) is 4.92 Å². The van der Waals surface area contributed by atoms with E-state index in [2.05, 4.69) is 0 Å². The molecule has 0 N–H and O–H groups in total. The summed E-state index contributed by atoms with van der Waals surface area (Å²) < 4.78 is 38.1. The lowest BCUT2D eigenvalue weighted by Crippen LogP contribution is -2.12. The van der Waals surface area contributed by atoms with E-state index in [0.29, 0.717) is 5.56 Å². The molecular formula is C11H11ClF3NO2. The summed E-state index contributed by atoms with van der Waals surface area (Å²) in [6, 6.07) is 2.96. The highest BCUT2D eigenvalue weighted by Gasteiger charge is 2.38. The standard InChI is InChI=1S/C11H11ClF3NO2/c1-6(7(2)12)8-3-4-10(16(17)18)9(5-8)11(13,14)15/h3-7H,1-2H3. The maximum absolute atomic E-state index is 12.7. The van der Waals surface area contributed by atoms with Gasteiger partial charge in [-0.25, -0.2) is 0 Å². The lowest BCUT2D eigenvalue weighted by atomic mass is 9.95. The first-order valence-corrected chi connectivity index (χ1v) is 5.58. The largest absolute Gasteiger partial charge is 0.423 e. The lowest BCUT2D eigenvalue weighted by molar-refractivity contribution is -0.388. The van der Waals surface area contributed by atoms with Crippen LogP contribution < -0.4 is 0 Å². The molecule has 0 aliphatic rings. The van der Waals surface area contributed by atoms with Crippen LogP contribution in [0.5, 0.6) is 0 Å². The van der Waals surface area contributed by atoms with E-state index >= 15 is 0 Å². The second-order valence-electron chi connectivity index (χ2n) is 4.00. The normalized spacial score (nSPS) is 15.2. The minimum absolute atomic E-state index is 0.325. The van der Waals surface area contributed by atoms with Crippen LogP contribution in [0.15, 0.2) is 18.2 Å². The van der Waals surface area contributed by atoms with E-state index in [-0.39, 0.29) is 11.3 Å². The maximum atomic E-state index is 12.7. The minimum Gasteiger partial charge on any atom is -0.258 e. The third-order valence-electron chi connectivity index (χ3n) is 2.74. The Bertz CT molecular complexity index is 460. The monoisotopic (exact) mass is 281 g/mol. The summed E-state index contributed by atoms with van der Waals surface area (Å²) in [5.74, 6) is -0.325. The van der Waals surface area contributed by atoms with Crippen LogP contribution in [0.2, 0.25) is 0 Å². The molecule has 2 unspecified atom stereocenters. The molecule has 0 spiro atoms. The first-order chi connectivity index (χ1) is 8.14. The van der Waals surface area contributed by atoms with Gasteiger partial charge in [-0.3, -0.25) is 10.1 Å². The predicted molar refractivity (Wildman–Crippen MR) is 61.8 cm³/mol. The Balaban J connectivity index is 3.35. The molecule has 0 radical (unpaired) electrons. The van der Waals surface area contributed by atoms with Gasteiger partial charge in [0, 0.05) is 11.4 Å². The Morgan fingerprint density at radius 1 is 1.33 bits per heavy atom. The zero-order chi connectivity index (χ0) is 14.1. The molecule has 1 aromatic rings. The fraction of sp³-hybridized carbons (Fsp3) is 0.455.